The number of carbonyl (C=O) groups is 1. The highest BCUT2D eigenvalue weighted by molar-refractivity contribution is 5.98. The first-order chi connectivity index (χ1) is 14.2. The van der Waals surface area contributed by atoms with Gasteiger partial charge in [0.1, 0.15) is 12.1 Å². The van der Waals surface area contributed by atoms with Gasteiger partial charge < -0.3 is 19.5 Å². The number of methoxy groups -OCH3 is 1. The number of likely N-dealkylation sites (tertiary alicyclic amines) is 1. The lowest BCUT2D eigenvalue weighted by atomic mass is 9.79. The standard InChI is InChI=1S/C22H25N5O2/c1-29-20-12-19(24-15-25-20)26-9-2-6-22(13-26)7-10-27(14-22)21(28)17-3-4-18-16(11-17)5-8-23-18/h3-5,8,11-12,15,23H,2,6-7,9-10,13-14H2,1H3/t22-/m0/s1. The number of nitrogens with zero attached hydrogens (tertiary/aromatic N) is 4. The lowest BCUT2D eigenvalue weighted by Gasteiger charge is -2.41. The minimum atomic E-state index is 0.129. The third-order valence-electron chi connectivity index (χ3n) is 6.35. The maximum Gasteiger partial charge on any atom is 0.253 e. The van der Waals surface area contributed by atoms with Crippen LogP contribution in [-0.4, -0.2) is 59.0 Å². The van der Waals surface area contributed by atoms with E-state index in [0.717, 1.165) is 67.7 Å². The van der Waals surface area contributed by atoms with Crippen LogP contribution in [0.4, 0.5) is 5.82 Å². The molecule has 0 aliphatic carbocycles. The van der Waals surface area contributed by atoms with E-state index in [1.54, 1.807) is 13.4 Å². The van der Waals surface area contributed by atoms with Crippen LogP contribution in [0.1, 0.15) is 29.6 Å². The third-order valence-corrected chi connectivity index (χ3v) is 6.35. The highest BCUT2D eigenvalue weighted by Crippen LogP contribution is 2.40. The van der Waals surface area contributed by atoms with Crippen LogP contribution < -0.4 is 9.64 Å². The molecule has 7 nitrogen and oxygen atoms in total. The second-order valence-corrected chi connectivity index (χ2v) is 8.20. The Morgan fingerprint density at radius 2 is 2.07 bits per heavy atom. The number of benzene rings is 1. The Balaban J connectivity index is 1.32. The Bertz CT molecular complexity index is 1050. The van der Waals surface area contributed by atoms with Crippen molar-refractivity contribution < 1.29 is 9.53 Å². The molecule has 1 amide bonds. The average molecular weight is 391 g/mol. The molecule has 7 heteroatoms. The molecule has 0 saturated carbocycles. The number of nitrogens with one attached hydrogen (secondary N) is 1. The number of amides is 1. The molecular weight excluding hydrogens is 366 g/mol. The number of ether oxygens (including phenoxy) is 1. The number of carbonyl (C=O) groups excluding carboxylic acids is 1. The molecule has 0 radical (unpaired) electrons. The highest BCUT2D eigenvalue weighted by atomic mass is 16.5. The topological polar surface area (TPSA) is 74.3 Å². The van der Waals surface area contributed by atoms with Crippen LogP contribution in [0.25, 0.3) is 10.9 Å². The summed E-state index contributed by atoms with van der Waals surface area (Å²) in [5.41, 5.74) is 1.95. The second kappa shape index (κ2) is 7.06. The smallest absolute Gasteiger partial charge is 0.253 e. The number of piperidine rings is 1. The van der Waals surface area contributed by atoms with Gasteiger partial charge in [0.2, 0.25) is 5.88 Å². The van der Waals surface area contributed by atoms with Crippen LogP contribution in [0.15, 0.2) is 42.9 Å². The monoisotopic (exact) mass is 391 g/mol. The van der Waals surface area contributed by atoms with Crippen molar-refractivity contribution in [2.75, 3.05) is 38.2 Å². The molecule has 0 bridgehead atoms. The molecule has 0 unspecified atom stereocenters. The fraction of sp³-hybridized carbons (Fsp3) is 0.409. The number of aromatic amines is 1. The molecule has 2 aliphatic rings. The first-order valence-electron chi connectivity index (χ1n) is 10.1. The van der Waals surface area contributed by atoms with Gasteiger partial charge in [-0.15, -0.1) is 0 Å². The predicted octanol–water partition coefficient (Wildman–Crippen LogP) is 3.10. The summed E-state index contributed by atoms with van der Waals surface area (Å²) in [7, 11) is 1.62. The van der Waals surface area contributed by atoms with Crippen LogP contribution in [0.2, 0.25) is 0 Å². The van der Waals surface area contributed by atoms with Crippen molar-refractivity contribution in [1.82, 2.24) is 19.9 Å². The van der Waals surface area contributed by atoms with Crippen LogP contribution in [0.5, 0.6) is 5.88 Å². The van der Waals surface area contributed by atoms with Crippen molar-refractivity contribution >= 4 is 22.6 Å². The molecule has 2 aliphatic heterocycles. The van der Waals surface area contributed by atoms with E-state index >= 15 is 0 Å². The largest absolute Gasteiger partial charge is 0.481 e. The molecule has 29 heavy (non-hydrogen) atoms. The van der Waals surface area contributed by atoms with Crippen LogP contribution in [0.3, 0.4) is 0 Å². The molecule has 2 aromatic heterocycles. The molecule has 1 atom stereocenters. The van der Waals surface area contributed by atoms with Gasteiger partial charge in [-0.25, -0.2) is 9.97 Å². The quantitative estimate of drug-likeness (QED) is 0.743. The summed E-state index contributed by atoms with van der Waals surface area (Å²) in [6.45, 7) is 3.49. The Morgan fingerprint density at radius 1 is 1.14 bits per heavy atom. The van der Waals surface area contributed by atoms with E-state index in [-0.39, 0.29) is 11.3 Å². The van der Waals surface area contributed by atoms with Crippen molar-refractivity contribution in [2.45, 2.75) is 19.3 Å². The van der Waals surface area contributed by atoms with Crippen LogP contribution in [0, 0.1) is 5.41 Å². The molecule has 150 valence electrons. The lowest BCUT2D eigenvalue weighted by molar-refractivity contribution is 0.0767. The van der Waals surface area contributed by atoms with E-state index in [1.807, 2.05) is 41.4 Å². The number of aromatic nitrogens is 3. The first kappa shape index (κ1) is 18.0. The average Bonchev–Trinajstić information content (AvgIpc) is 3.40. The van der Waals surface area contributed by atoms with Crippen LogP contribution >= 0.6 is 0 Å². The zero-order valence-electron chi connectivity index (χ0n) is 16.6. The fourth-order valence-corrected chi connectivity index (χ4v) is 4.83. The summed E-state index contributed by atoms with van der Waals surface area (Å²) in [4.78, 5) is 29.2. The number of H-pyrrole nitrogens is 1. The molecule has 1 N–H and O–H groups in total. The van der Waals surface area contributed by atoms with Crippen molar-refractivity contribution in [3.63, 3.8) is 0 Å². The van der Waals surface area contributed by atoms with Crippen molar-refractivity contribution in [3.05, 3.63) is 48.4 Å². The Kier molecular flexibility index (Phi) is 4.38. The molecule has 1 spiro atoms. The lowest BCUT2D eigenvalue weighted by Crippen LogP contribution is -2.45. The summed E-state index contributed by atoms with van der Waals surface area (Å²) in [5, 5.41) is 1.08. The van der Waals surface area contributed by atoms with Gasteiger partial charge in [-0.1, -0.05) is 0 Å². The molecule has 2 fully saturated rings. The molecule has 4 heterocycles. The molecule has 5 rings (SSSR count). The summed E-state index contributed by atoms with van der Waals surface area (Å²) in [6, 6.07) is 9.79. The zero-order chi connectivity index (χ0) is 19.8. The van der Waals surface area contributed by atoms with Gasteiger partial charge in [-0.3, -0.25) is 4.79 Å². The summed E-state index contributed by atoms with van der Waals surface area (Å²) in [6.07, 6.45) is 6.74. The van der Waals surface area contributed by atoms with E-state index in [1.165, 1.54) is 0 Å². The number of hydrogen-bond acceptors (Lipinski definition) is 5. The second-order valence-electron chi connectivity index (χ2n) is 8.20. The van der Waals surface area contributed by atoms with Gasteiger partial charge in [-0.2, -0.15) is 0 Å². The van der Waals surface area contributed by atoms with E-state index < -0.39 is 0 Å². The number of rotatable bonds is 3. The maximum absolute atomic E-state index is 13.1. The first-order valence-corrected chi connectivity index (χ1v) is 10.1. The molecule has 1 aromatic carbocycles. The van der Waals surface area contributed by atoms with Crippen molar-refractivity contribution in [2.24, 2.45) is 5.41 Å². The summed E-state index contributed by atoms with van der Waals surface area (Å²) >= 11 is 0. The SMILES string of the molecule is COc1cc(N2CCC[C@]3(CCN(C(=O)c4ccc5[nH]ccc5c4)C3)C2)ncn1. The number of anilines is 1. The Labute approximate surface area is 169 Å². The molecule has 2 saturated heterocycles. The van der Waals surface area contributed by atoms with E-state index in [9.17, 15) is 4.79 Å². The van der Waals surface area contributed by atoms with Gasteiger partial charge >= 0.3 is 0 Å². The summed E-state index contributed by atoms with van der Waals surface area (Å²) in [5.74, 6) is 1.61. The maximum atomic E-state index is 13.1. The van der Waals surface area contributed by atoms with Gasteiger partial charge in [-0.05, 0) is 43.5 Å². The minimum Gasteiger partial charge on any atom is -0.481 e. The molecular formula is C22H25N5O2. The summed E-state index contributed by atoms with van der Waals surface area (Å²) < 4.78 is 5.25. The normalized spacial score (nSPS) is 21.8. The number of fused-ring (bicyclic) bond motifs is 1. The van der Waals surface area contributed by atoms with Gasteiger partial charge in [0, 0.05) is 60.3 Å². The minimum absolute atomic E-state index is 0.129. The highest BCUT2D eigenvalue weighted by Gasteiger charge is 2.43. The van der Waals surface area contributed by atoms with Gasteiger partial charge in [0.15, 0.2) is 0 Å². The fourth-order valence-electron chi connectivity index (χ4n) is 4.83. The van der Waals surface area contributed by atoms with E-state index in [2.05, 4.69) is 19.9 Å². The van der Waals surface area contributed by atoms with Crippen molar-refractivity contribution in [3.8, 4) is 5.88 Å². The van der Waals surface area contributed by atoms with Crippen molar-refractivity contribution in [1.29, 1.82) is 0 Å². The van der Waals surface area contributed by atoms with Gasteiger partial charge in [0.25, 0.3) is 5.91 Å². The zero-order valence-corrected chi connectivity index (χ0v) is 16.6. The Hall–Kier alpha value is -3.09. The number of hydrogen-bond donors (Lipinski definition) is 1. The van der Waals surface area contributed by atoms with E-state index in [0.29, 0.717) is 5.88 Å². The molecule has 3 aromatic rings. The Morgan fingerprint density at radius 3 is 2.97 bits per heavy atom. The van der Waals surface area contributed by atoms with E-state index in [4.69, 9.17) is 4.74 Å². The predicted molar refractivity (Wildman–Crippen MR) is 111 cm³/mol. The third kappa shape index (κ3) is 3.30. The van der Waals surface area contributed by atoms with Gasteiger partial charge in [0.05, 0.1) is 7.11 Å². The van der Waals surface area contributed by atoms with Crippen LogP contribution in [-0.2, 0) is 0 Å².